The molecule has 17 heavy (non-hydrogen) atoms. The third kappa shape index (κ3) is 4.60. The highest BCUT2D eigenvalue weighted by atomic mass is 16.6. The first-order chi connectivity index (χ1) is 7.99. The van der Waals surface area contributed by atoms with Crippen molar-refractivity contribution in [2.75, 3.05) is 13.6 Å². The molecule has 0 spiro atoms. The number of aliphatic carboxylic acids is 1. The molecule has 0 radical (unpaired) electrons. The molecule has 0 aliphatic carbocycles. The Balaban J connectivity index is 2.51. The number of hydrogen-bond donors (Lipinski definition) is 1. The third-order valence-corrected chi connectivity index (χ3v) is 2.31. The van der Waals surface area contributed by atoms with Gasteiger partial charge in [0.05, 0.1) is 11.3 Å². The van der Waals surface area contributed by atoms with Gasteiger partial charge in [0.15, 0.2) is 0 Å². The molecule has 1 rings (SSSR count). The second-order valence-electron chi connectivity index (χ2n) is 3.81. The summed E-state index contributed by atoms with van der Waals surface area (Å²) in [6.45, 7) is 1.03. The first-order valence-electron chi connectivity index (χ1n) is 5.12. The van der Waals surface area contributed by atoms with Crippen LogP contribution >= 0.6 is 0 Å². The fraction of sp³-hybridized carbons (Fsp3) is 0.364. The zero-order valence-electron chi connectivity index (χ0n) is 9.50. The van der Waals surface area contributed by atoms with Crippen molar-refractivity contribution >= 4 is 11.7 Å². The summed E-state index contributed by atoms with van der Waals surface area (Å²) in [6.07, 6.45) is 0.0868. The van der Waals surface area contributed by atoms with Gasteiger partial charge in [-0.1, -0.05) is 12.1 Å². The summed E-state index contributed by atoms with van der Waals surface area (Å²) in [5.41, 5.74) is 0.977. The number of nitro groups is 1. The first kappa shape index (κ1) is 13.1. The van der Waals surface area contributed by atoms with Gasteiger partial charge in [-0.15, -0.1) is 0 Å². The van der Waals surface area contributed by atoms with E-state index < -0.39 is 10.9 Å². The number of nitrogens with zero attached hydrogens (tertiary/aromatic N) is 2. The summed E-state index contributed by atoms with van der Waals surface area (Å²) in [7, 11) is 1.81. The van der Waals surface area contributed by atoms with E-state index in [0.29, 0.717) is 13.1 Å². The standard InChI is InChI=1S/C11H14N2O4/c1-12(7-6-11(14)15)8-9-2-4-10(5-3-9)13(16)17/h2-5H,6-8H2,1H3,(H,14,15). The van der Waals surface area contributed by atoms with Gasteiger partial charge in [0.2, 0.25) is 0 Å². The number of carboxylic acids is 1. The normalized spacial score (nSPS) is 10.5. The zero-order valence-corrected chi connectivity index (χ0v) is 9.50. The molecule has 6 heteroatoms. The van der Waals surface area contributed by atoms with Crippen LogP contribution in [0.5, 0.6) is 0 Å². The lowest BCUT2D eigenvalue weighted by Crippen LogP contribution is -2.21. The highest BCUT2D eigenvalue weighted by molar-refractivity contribution is 5.66. The molecule has 0 saturated carbocycles. The molecule has 1 aromatic carbocycles. The van der Waals surface area contributed by atoms with E-state index >= 15 is 0 Å². The van der Waals surface area contributed by atoms with E-state index in [1.54, 1.807) is 12.1 Å². The molecule has 0 unspecified atom stereocenters. The van der Waals surface area contributed by atoms with E-state index in [1.807, 2.05) is 11.9 Å². The maximum absolute atomic E-state index is 10.4. The number of benzene rings is 1. The van der Waals surface area contributed by atoms with Crippen LogP contribution in [0, 0.1) is 10.1 Å². The minimum absolute atomic E-state index is 0.0574. The van der Waals surface area contributed by atoms with E-state index in [-0.39, 0.29) is 12.1 Å². The molecule has 92 valence electrons. The molecule has 0 saturated heterocycles. The Labute approximate surface area is 98.6 Å². The van der Waals surface area contributed by atoms with Gasteiger partial charge in [-0.05, 0) is 12.6 Å². The van der Waals surface area contributed by atoms with Crippen molar-refractivity contribution in [3.63, 3.8) is 0 Å². The molecular formula is C11H14N2O4. The molecule has 0 aromatic heterocycles. The smallest absolute Gasteiger partial charge is 0.304 e. The van der Waals surface area contributed by atoms with Gasteiger partial charge >= 0.3 is 5.97 Å². The quantitative estimate of drug-likeness (QED) is 0.599. The van der Waals surface area contributed by atoms with Gasteiger partial charge in [-0.25, -0.2) is 0 Å². The monoisotopic (exact) mass is 238 g/mol. The lowest BCUT2D eigenvalue weighted by molar-refractivity contribution is -0.384. The summed E-state index contributed by atoms with van der Waals surface area (Å²) in [4.78, 5) is 22.2. The predicted molar refractivity (Wildman–Crippen MR) is 61.7 cm³/mol. The van der Waals surface area contributed by atoms with Crippen LogP contribution in [0.2, 0.25) is 0 Å². The van der Waals surface area contributed by atoms with Crippen LogP contribution in [0.3, 0.4) is 0 Å². The zero-order chi connectivity index (χ0) is 12.8. The number of carbonyl (C=O) groups is 1. The van der Waals surface area contributed by atoms with E-state index in [2.05, 4.69) is 0 Å². The Morgan fingerprint density at radius 2 is 2.00 bits per heavy atom. The average Bonchev–Trinajstić information content (AvgIpc) is 2.27. The number of nitro benzene ring substituents is 1. The summed E-state index contributed by atoms with van der Waals surface area (Å²) in [5.74, 6) is -0.833. The number of non-ortho nitro benzene ring substituents is 1. The largest absolute Gasteiger partial charge is 0.481 e. The summed E-state index contributed by atoms with van der Waals surface area (Å²) in [5, 5.41) is 19.0. The number of hydrogen-bond acceptors (Lipinski definition) is 4. The maximum Gasteiger partial charge on any atom is 0.304 e. The fourth-order valence-corrected chi connectivity index (χ4v) is 1.40. The van der Waals surface area contributed by atoms with Crippen LogP contribution < -0.4 is 0 Å². The van der Waals surface area contributed by atoms with Crippen LogP contribution in [-0.4, -0.2) is 34.5 Å². The van der Waals surface area contributed by atoms with Crippen LogP contribution in [0.15, 0.2) is 24.3 Å². The van der Waals surface area contributed by atoms with Crippen molar-refractivity contribution in [1.29, 1.82) is 0 Å². The van der Waals surface area contributed by atoms with Crippen LogP contribution in [0.1, 0.15) is 12.0 Å². The van der Waals surface area contributed by atoms with Crippen molar-refractivity contribution < 1.29 is 14.8 Å². The summed E-state index contributed by atoms with van der Waals surface area (Å²) >= 11 is 0. The molecule has 0 aliphatic heterocycles. The Morgan fingerprint density at radius 3 is 2.47 bits per heavy atom. The molecule has 0 atom stereocenters. The molecule has 0 bridgehead atoms. The molecular weight excluding hydrogens is 224 g/mol. The van der Waals surface area contributed by atoms with Gasteiger partial charge in [0.25, 0.3) is 5.69 Å². The third-order valence-electron chi connectivity index (χ3n) is 2.31. The Hall–Kier alpha value is -1.95. The lowest BCUT2D eigenvalue weighted by atomic mass is 10.2. The Kier molecular flexibility index (Phi) is 4.59. The Bertz CT molecular complexity index is 402. The molecule has 0 amide bonds. The van der Waals surface area contributed by atoms with E-state index in [1.165, 1.54) is 12.1 Å². The minimum Gasteiger partial charge on any atom is -0.481 e. The molecule has 0 fully saturated rings. The van der Waals surface area contributed by atoms with Crippen molar-refractivity contribution in [1.82, 2.24) is 4.90 Å². The minimum atomic E-state index is -0.833. The number of rotatable bonds is 6. The van der Waals surface area contributed by atoms with Crippen molar-refractivity contribution in [3.05, 3.63) is 39.9 Å². The second kappa shape index (κ2) is 5.95. The van der Waals surface area contributed by atoms with Crippen LogP contribution in [0.4, 0.5) is 5.69 Å². The summed E-state index contributed by atoms with van der Waals surface area (Å²) < 4.78 is 0. The van der Waals surface area contributed by atoms with Crippen molar-refractivity contribution in [2.45, 2.75) is 13.0 Å². The first-order valence-corrected chi connectivity index (χ1v) is 5.12. The van der Waals surface area contributed by atoms with Gasteiger partial charge in [0.1, 0.15) is 0 Å². The topological polar surface area (TPSA) is 83.7 Å². The van der Waals surface area contributed by atoms with Crippen molar-refractivity contribution in [2.24, 2.45) is 0 Å². The fourth-order valence-electron chi connectivity index (χ4n) is 1.40. The number of carboxylic acid groups (broad SMARTS) is 1. The van der Waals surface area contributed by atoms with Gasteiger partial charge in [-0.2, -0.15) is 0 Å². The molecule has 1 N–H and O–H groups in total. The van der Waals surface area contributed by atoms with E-state index in [9.17, 15) is 14.9 Å². The highest BCUT2D eigenvalue weighted by Gasteiger charge is 2.06. The molecule has 0 heterocycles. The average molecular weight is 238 g/mol. The lowest BCUT2D eigenvalue weighted by Gasteiger charge is -2.15. The van der Waals surface area contributed by atoms with Gasteiger partial charge < -0.3 is 10.0 Å². The van der Waals surface area contributed by atoms with Crippen molar-refractivity contribution in [3.8, 4) is 0 Å². The second-order valence-corrected chi connectivity index (χ2v) is 3.81. The summed E-state index contributed by atoms with van der Waals surface area (Å²) in [6, 6.07) is 6.24. The predicted octanol–water partition coefficient (Wildman–Crippen LogP) is 1.50. The molecule has 0 aliphatic rings. The molecule has 6 nitrogen and oxygen atoms in total. The van der Waals surface area contributed by atoms with E-state index in [4.69, 9.17) is 5.11 Å². The van der Waals surface area contributed by atoms with E-state index in [0.717, 1.165) is 5.56 Å². The van der Waals surface area contributed by atoms with Crippen LogP contribution in [-0.2, 0) is 11.3 Å². The Morgan fingerprint density at radius 1 is 1.41 bits per heavy atom. The van der Waals surface area contributed by atoms with Gasteiger partial charge in [0, 0.05) is 25.2 Å². The van der Waals surface area contributed by atoms with Crippen LogP contribution in [0.25, 0.3) is 0 Å². The molecule has 1 aromatic rings. The SMILES string of the molecule is CN(CCC(=O)O)Cc1ccc([N+](=O)[O-])cc1. The maximum atomic E-state index is 10.4. The highest BCUT2D eigenvalue weighted by Crippen LogP contribution is 2.12. The van der Waals surface area contributed by atoms with Gasteiger partial charge in [-0.3, -0.25) is 14.9 Å².